The lowest BCUT2D eigenvalue weighted by molar-refractivity contribution is -0.118. The van der Waals surface area contributed by atoms with Gasteiger partial charge in [0.25, 0.3) is 0 Å². The van der Waals surface area contributed by atoms with Gasteiger partial charge in [-0.05, 0) is 29.5 Å². The monoisotopic (exact) mass is 291 g/mol. The number of benzene rings is 2. The van der Waals surface area contributed by atoms with E-state index in [1.807, 2.05) is 48.5 Å². The molecule has 0 aliphatic carbocycles. The summed E-state index contributed by atoms with van der Waals surface area (Å²) in [6.45, 7) is 2.16. The minimum absolute atomic E-state index is 0.0404. The van der Waals surface area contributed by atoms with E-state index in [2.05, 4.69) is 19.1 Å². The van der Waals surface area contributed by atoms with Gasteiger partial charge in [-0.15, -0.1) is 0 Å². The van der Waals surface area contributed by atoms with Crippen LogP contribution in [0.1, 0.15) is 42.4 Å². The molecule has 0 fully saturated rings. The summed E-state index contributed by atoms with van der Waals surface area (Å²) in [6.07, 6.45) is 3.56. The number of hydrogen-bond donors (Lipinski definition) is 0. The Morgan fingerprint density at radius 2 is 1.82 bits per heavy atom. The highest BCUT2D eigenvalue weighted by atomic mass is 16.1. The van der Waals surface area contributed by atoms with Crippen molar-refractivity contribution in [3.8, 4) is 6.07 Å². The molecule has 2 nitrogen and oxygen atoms in total. The highest BCUT2D eigenvalue weighted by Gasteiger charge is 2.20. The maximum Gasteiger partial charge on any atom is 0.158 e. The molecule has 2 rings (SSSR count). The molecule has 0 aliphatic heterocycles. The number of rotatable bonds is 7. The summed E-state index contributed by atoms with van der Waals surface area (Å²) in [7, 11) is 0. The van der Waals surface area contributed by atoms with Crippen molar-refractivity contribution in [1.29, 1.82) is 5.26 Å². The minimum Gasteiger partial charge on any atom is -0.297 e. The summed E-state index contributed by atoms with van der Waals surface area (Å²) in [5.41, 5.74) is 2.97. The van der Waals surface area contributed by atoms with Crippen LogP contribution in [0.4, 0.5) is 0 Å². The van der Waals surface area contributed by atoms with Crippen LogP contribution in [0.15, 0.2) is 54.6 Å². The van der Waals surface area contributed by atoms with E-state index in [4.69, 9.17) is 0 Å². The van der Waals surface area contributed by atoms with E-state index in [9.17, 15) is 10.1 Å². The number of carbonyl (C=O) groups excluding carboxylic acids is 1. The third kappa shape index (κ3) is 4.30. The maximum atomic E-state index is 12.4. The van der Waals surface area contributed by atoms with Gasteiger partial charge in [-0.1, -0.05) is 67.9 Å². The predicted molar refractivity (Wildman–Crippen MR) is 88.6 cm³/mol. The fourth-order valence-corrected chi connectivity index (χ4v) is 2.54. The van der Waals surface area contributed by atoms with E-state index < -0.39 is 5.92 Å². The smallest absolute Gasteiger partial charge is 0.158 e. The Hall–Kier alpha value is -2.40. The Bertz CT molecular complexity index is 655. The number of hydrogen-bond acceptors (Lipinski definition) is 2. The van der Waals surface area contributed by atoms with Crippen molar-refractivity contribution in [3.05, 3.63) is 71.3 Å². The SMILES string of the molecule is CCCCc1cccc(C(C#N)C(=O)Cc2ccccc2)c1. The molecule has 0 saturated heterocycles. The zero-order chi connectivity index (χ0) is 15.8. The molecule has 0 radical (unpaired) electrons. The second-order valence-electron chi connectivity index (χ2n) is 5.54. The first-order valence-corrected chi connectivity index (χ1v) is 7.79. The van der Waals surface area contributed by atoms with E-state index in [0.717, 1.165) is 30.4 Å². The molecule has 0 saturated carbocycles. The van der Waals surface area contributed by atoms with Gasteiger partial charge in [0, 0.05) is 6.42 Å². The average Bonchev–Trinajstić information content (AvgIpc) is 2.55. The van der Waals surface area contributed by atoms with Crippen LogP contribution in [0, 0.1) is 11.3 Å². The lowest BCUT2D eigenvalue weighted by atomic mass is 9.90. The Morgan fingerprint density at radius 3 is 2.50 bits per heavy atom. The largest absolute Gasteiger partial charge is 0.297 e. The second kappa shape index (κ2) is 8.14. The van der Waals surface area contributed by atoms with Crippen LogP contribution in [0.2, 0.25) is 0 Å². The molecular formula is C20H21NO. The first kappa shape index (κ1) is 16.0. The molecule has 0 N–H and O–H groups in total. The number of ketones is 1. The van der Waals surface area contributed by atoms with Gasteiger partial charge in [0.05, 0.1) is 6.07 Å². The van der Waals surface area contributed by atoms with Gasteiger partial charge in [-0.25, -0.2) is 0 Å². The van der Waals surface area contributed by atoms with Gasteiger partial charge >= 0.3 is 0 Å². The Kier molecular flexibility index (Phi) is 5.91. The van der Waals surface area contributed by atoms with E-state index in [1.165, 1.54) is 5.56 Å². The third-order valence-electron chi connectivity index (χ3n) is 3.78. The average molecular weight is 291 g/mol. The van der Waals surface area contributed by atoms with E-state index in [1.54, 1.807) is 0 Å². The van der Waals surface area contributed by atoms with Crippen molar-refractivity contribution >= 4 is 5.78 Å². The standard InChI is InChI=1S/C20H21NO/c1-2-3-8-16-11-7-12-18(13-16)19(15-21)20(22)14-17-9-5-4-6-10-17/h4-7,9-13,19H,2-3,8,14H2,1H3. The summed E-state index contributed by atoms with van der Waals surface area (Å²) >= 11 is 0. The first-order valence-electron chi connectivity index (χ1n) is 7.79. The van der Waals surface area contributed by atoms with Crippen LogP contribution >= 0.6 is 0 Å². The normalized spacial score (nSPS) is 11.6. The molecule has 2 aromatic carbocycles. The number of aryl methyl sites for hydroxylation is 1. The van der Waals surface area contributed by atoms with Crippen molar-refractivity contribution in [2.75, 3.05) is 0 Å². The predicted octanol–water partition coefficient (Wildman–Crippen LogP) is 4.45. The highest BCUT2D eigenvalue weighted by Crippen LogP contribution is 2.20. The van der Waals surface area contributed by atoms with Crippen LogP contribution in [0.25, 0.3) is 0 Å². The molecule has 0 amide bonds. The van der Waals surface area contributed by atoms with E-state index in [0.29, 0.717) is 6.42 Å². The molecule has 1 unspecified atom stereocenters. The fraction of sp³-hybridized carbons (Fsp3) is 0.300. The van der Waals surface area contributed by atoms with Crippen molar-refractivity contribution in [3.63, 3.8) is 0 Å². The van der Waals surface area contributed by atoms with E-state index >= 15 is 0 Å². The molecule has 2 heteroatoms. The van der Waals surface area contributed by atoms with Gasteiger partial charge in [-0.3, -0.25) is 4.79 Å². The summed E-state index contributed by atoms with van der Waals surface area (Å²) in [5, 5.41) is 9.42. The highest BCUT2D eigenvalue weighted by molar-refractivity contribution is 5.90. The number of unbranched alkanes of at least 4 members (excludes halogenated alkanes) is 1. The van der Waals surface area contributed by atoms with Gasteiger partial charge < -0.3 is 0 Å². The zero-order valence-electron chi connectivity index (χ0n) is 13.0. The van der Waals surface area contributed by atoms with Crippen LogP contribution < -0.4 is 0 Å². The summed E-state index contributed by atoms with van der Waals surface area (Å²) in [6, 6.07) is 19.7. The number of nitrogens with zero attached hydrogens (tertiary/aromatic N) is 1. The topological polar surface area (TPSA) is 40.9 Å². The van der Waals surface area contributed by atoms with Crippen molar-refractivity contribution < 1.29 is 4.79 Å². The van der Waals surface area contributed by atoms with Crippen molar-refractivity contribution in [2.45, 2.75) is 38.5 Å². The molecule has 2 aromatic rings. The van der Waals surface area contributed by atoms with E-state index in [-0.39, 0.29) is 5.78 Å². The van der Waals surface area contributed by atoms with Gasteiger partial charge in [0.1, 0.15) is 5.92 Å². The molecule has 0 spiro atoms. The Morgan fingerprint density at radius 1 is 1.09 bits per heavy atom. The lowest BCUT2D eigenvalue weighted by Gasteiger charge is -2.10. The number of Topliss-reactive ketones (excluding diaryl/α,β-unsaturated/α-hetero) is 1. The van der Waals surface area contributed by atoms with Crippen LogP contribution in [-0.4, -0.2) is 5.78 Å². The number of nitriles is 1. The second-order valence-corrected chi connectivity index (χ2v) is 5.54. The molecule has 0 aromatic heterocycles. The molecule has 0 heterocycles. The van der Waals surface area contributed by atoms with Crippen molar-refractivity contribution in [2.24, 2.45) is 0 Å². The quantitative estimate of drug-likeness (QED) is 0.756. The van der Waals surface area contributed by atoms with Crippen molar-refractivity contribution in [1.82, 2.24) is 0 Å². The minimum atomic E-state index is -0.679. The fourth-order valence-electron chi connectivity index (χ4n) is 2.54. The molecular weight excluding hydrogens is 270 g/mol. The van der Waals surface area contributed by atoms with Crippen LogP contribution in [0.3, 0.4) is 0 Å². The molecule has 112 valence electrons. The molecule has 1 atom stereocenters. The Balaban J connectivity index is 2.14. The summed E-state index contributed by atoms with van der Waals surface area (Å²) < 4.78 is 0. The maximum absolute atomic E-state index is 12.4. The van der Waals surface area contributed by atoms with Gasteiger partial charge in [-0.2, -0.15) is 5.26 Å². The van der Waals surface area contributed by atoms with Gasteiger partial charge in [0.2, 0.25) is 0 Å². The van der Waals surface area contributed by atoms with Gasteiger partial charge in [0.15, 0.2) is 5.78 Å². The summed E-state index contributed by atoms with van der Waals surface area (Å²) in [4.78, 5) is 12.4. The lowest BCUT2D eigenvalue weighted by Crippen LogP contribution is -2.13. The molecule has 22 heavy (non-hydrogen) atoms. The van der Waals surface area contributed by atoms with Crippen LogP contribution in [0.5, 0.6) is 0 Å². The van der Waals surface area contributed by atoms with Crippen LogP contribution in [-0.2, 0) is 17.6 Å². The first-order chi connectivity index (χ1) is 10.7. The third-order valence-corrected chi connectivity index (χ3v) is 3.78. The zero-order valence-corrected chi connectivity index (χ0v) is 13.0. The Labute approximate surface area is 132 Å². The number of carbonyl (C=O) groups is 1. The molecule has 0 bridgehead atoms. The molecule has 0 aliphatic rings. The summed E-state index contributed by atoms with van der Waals surface area (Å²) in [5.74, 6) is -0.719.